The van der Waals surface area contributed by atoms with E-state index in [9.17, 15) is 9.59 Å². The lowest BCUT2D eigenvalue weighted by Gasteiger charge is -2.28. The van der Waals surface area contributed by atoms with Gasteiger partial charge in [0.25, 0.3) is 0 Å². The molecule has 0 radical (unpaired) electrons. The predicted molar refractivity (Wildman–Crippen MR) is 113 cm³/mol. The molecule has 3 aliphatic rings. The van der Waals surface area contributed by atoms with Crippen molar-refractivity contribution in [3.05, 3.63) is 58.7 Å². The number of likely N-dealkylation sites (tertiary alicyclic amines) is 1. The van der Waals surface area contributed by atoms with Crippen LogP contribution in [0, 0.1) is 5.92 Å². The van der Waals surface area contributed by atoms with Crippen molar-refractivity contribution < 1.29 is 14.3 Å². The van der Waals surface area contributed by atoms with Crippen LogP contribution in [0.3, 0.4) is 0 Å². The second kappa shape index (κ2) is 7.69. The maximum absolute atomic E-state index is 11.5. The van der Waals surface area contributed by atoms with Crippen LogP contribution in [0.15, 0.2) is 36.4 Å². The SMILES string of the molecule is Cl.NC(=O)c1ccc2c(c1)C1CN(CCc3ccc4c(c3)CC(=O)N4)CC1CO2. The molecule has 3 aliphatic heterocycles. The Balaban J connectivity index is 0.00000205. The zero-order valence-corrected chi connectivity index (χ0v) is 16.8. The third-order valence-electron chi connectivity index (χ3n) is 6.17. The first-order chi connectivity index (χ1) is 13.6. The molecule has 0 aliphatic carbocycles. The molecule has 7 heteroatoms. The van der Waals surface area contributed by atoms with Gasteiger partial charge in [0.2, 0.25) is 11.8 Å². The molecular weight excluding hydrogens is 390 g/mol. The second-order valence-electron chi connectivity index (χ2n) is 8.02. The van der Waals surface area contributed by atoms with Crippen LogP contribution in [0.4, 0.5) is 5.69 Å². The summed E-state index contributed by atoms with van der Waals surface area (Å²) in [4.78, 5) is 25.6. The predicted octanol–water partition coefficient (Wildman–Crippen LogP) is 2.35. The number of carbonyl (C=O) groups is 2. The monoisotopic (exact) mass is 413 g/mol. The number of ether oxygens (including phenoxy) is 1. The minimum absolute atomic E-state index is 0. The average molecular weight is 414 g/mol. The van der Waals surface area contributed by atoms with Crippen molar-refractivity contribution in [2.24, 2.45) is 11.7 Å². The van der Waals surface area contributed by atoms with Gasteiger partial charge in [0.05, 0.1) is 13.0 Å². The van der Waals surface area contributed by atoms with Gasteiger partial charge < -0.3 is 20.7 Å². The van der Waals surface area contributed by atoms with Crippen LogP contribution >= 0.6 is 12.4 Å². The number of nitrogens with zero attached hydrogens (tertiary/aromatic N) is 1. The molecule has 6 nitrogen and oxygen atoms in total. The maximum atomic E-state index is 11.5. The normalized spacial score (nSPS) is 22.0. The zero-order valence-electron chi connectivity index (χ0n) is 16.0. The Kier molecular flexibility index (Phi) is 5.23. The van der Waals surface area contributed by atoms with Crippen molar-refractivity contribution in [2.45, 2.75) is 18.8 Å². The van der Waals surface area contributed by atoms with Gasteiger partial charge in [-0.3, -0.25) is 9.59 Å². The molecule has 2 aromatic carbocycles. The lowest BCUT2D eigenvalue weighted by molar-refractivity contribution is -0.115. The summed E-state index contributed by atoms with van der Waals surface area (Å²) in [5.41, 5.74) is 10.4. The Hall–Kier alpha value is -2.57. The van der Waals surface area contributed by atoms with E-state index in [1.807, 2.05) is 18.2 Å². The summed E-state index contributed by atoms with van der Waals surface area (Å²) in [6, 6.07) is 11.8. The van der Waals surface area contributed by atoms with Gasteiger partial charge in [-0.25, -0.2) is 0 Å². The lowest BCUT2D eigenvalue weighted by atomic mass is 9.86. The second-order valence-corrected chi connectivity index (χ2v) is 8.02. The molecule has 2 unspecified atom stereocenters. The summed E-state index contributed by atoms with van der Waals surface area (Å²) in [5.74, 6) is 1.38. The number of hydrogen-bond donors (Lipinski definition) is 2. The van der Waals surface area contributed by atoms with E-state index in [1.165, 1.54) is 5.56 Å². The van der Waals surface area contributed by atoms with Crippen molar-refractivity contribution in [1.82, 2.24) is 4.90 Å². The number of rotatable bonds is 4. The van der Waals surface area contributed by atoms with E-state index >= 15 is 0 Å². The lowest BCUT2D eigenvalue weighted by Crippen LogP contribution is -2.26. The molecule has 2 amide bonds. The summed E-state index contributed by atoms with van der Waals surface area (Å²) in [6.45, 7) is 3.65. The molecule has 0 aromatic heterocycles. The molecule has 0 spiro atoms. The van der Waals surface area contributed by atoms with E-state index in [0.717, 1.165) is 55.2 Å². The van der Waals surface area contributed by atoms with Gasteiger partial charge in [-0.2, -0.15) is 0 Å². The van der Waals surface area contributed by atoms with Gasteiger partial charge in [-0.15, -0.1) is 12.4 Å². The fraction of sp³-hybridized carbons (Fsp3) is 0.364. The number of anilines is 1. The molecule has 0 bridgehead atoms. The quantitative estimate of drug-likeness (QED) is 0.805. The van der Waals surface area contributed by atoms with Gasteiger partial charge in [0.1, 0.15) is 5.75 Å². The van der Waals surface area contributed by atoms with Gasteiger partial charge in [-0.1, -0.05) is 12.1 Å². The molecule has 2 atom stereocenters. The summed E-state index contributed by atoms with van der Waals surface area (Å²) < 4.78 is 5.93. The van der Waals surface area contributed by atoms with Crippen molar-refractivity contribution in [1.29, 1.82) is 0 Å². The Bertz CT molecular complexity index is 978. The number of primary amides is 1. The molecule has 3 N–H and O–H groups in total. The van der Waals surface area contributed by atoms with Crippen LogP contribution in [0.25, 0.3) is 0 Å². The van der Waals surface area contributed by atoms with Gasteiger partial charge >= 0.3 is 0 Å². The maximum Gasteiger partial charge on any atom is 0.248 e. The number of nitrogens with one attached hydrogen (secondary N) is 1. The third-order valence-corrected chi connectivity index (χ3v) is 6.17. The van der Waals surface area contributed by atoms with Gasteiger partial charge in [0.15, 0.2) is 0 Å². The van der Waals surface area contributed by atoms with Crippen LogP contribution in [0.1, 0.15) is 33.0 Å². The van der Waals surface area contributed by atoms with Crippen LogP contribution in [-0.2, 0) is 17.6 Å². The van der Waals surface area contributed by atoms with Gasteiger partial charge in [-0.05, 0) is 47.4 Å². The van der Waals surface area contributed by atoms with Crippen LogP contribution in [0.5, 0.6) is 5.75 Å². The van der Waals surface area contributed by atoms with E-state index in [0.29, 0.717) is 23.8 Å². The number of fused-ring (bicyclic) bond motifs is 4. The summed E-state index contributed by atoms with van der Waals surface area (Å²) >= 11 is 0. The Morgan fingerprint density at radius 1 is 1.21 bits per heavy atom. The first-order valence-corrected chi connectivity index (χ1v) is 9.77. The van der Waals surface area contributed by atoms with E-state index in [-0.39, 0.29) is 18.3 Å². The van der Waals surface area contributed by atoms with Crippen LogP contribution in [0.2, 0.25) is 0 Å². The fourth-order valence-corrected chi connectivity index (χ4v) is 4.71. The smallest absolute Gasteiger partial charge is 0.248 e. The molecule has 3 heterocycles. The van der Waals surface area contributed by atoms with Gasteiger partial charge in [0, 0.05) is 42.7 Å². The van der Waals surface area contributed by atoms with Crippen molar-refractivity contribution in [3.63, 3.8) is 0 Å². The first kappa shape index (κ1) is 19.7. The highest BCUT2D eigenvalue weighted by Crippen LogP contribution is 2.42. The molecule has 5 rings (SSSR count). The van der Waals surface area contributed by atoms with Crippen molar-refractivity contribution in [2.75, 3.05) is 31.6 Å². The Labute approximate surface area is 175 Å². The number of benzene rings is 2. The molecule has 152 valence electrons. The average Bonchev–Trinajstić information content (AvgIpc) is 3.27. The minimum atomic E-state index is -0.399. The molecule has 1 fully saturated rings. The number of nitrogens with two attached hydrogens (primary N) is 1. The minimum Gasteiger partial charge on any atom is -0.493 e. The zero-order chi connectivity index (χ0) is 19.3. The molecule has 1 saturated heterocycles. The summed E-state index contributed by atoms with van der Waals surface area (Å²) in [7, 11) is 0. The number of carbonyl (C=O) groups excluding carboxylic acids is 2. The number of hydrogen-bond acceptors (Lipinski definition) is 4. The third kappa shape index (κ3) is 3.70. The summed E-state index contributed by atoms with van der Waals surface area (Å²) in [5, 5.41) is 2.88. The largest absolute Gasteiger partial charge is 0.493 e. The van der Waals surface area contributed by atoms with E-state index in [1.54, 1.807) is 6.07 Å². The number of amides is 2. The number of halogens is 1. The van der Waals surface area contributed by atoms with Crippen LogP contribution in [-0.4, -0.2) is 43.0 Å². The molecule has 29 heavy (non-hydrogen) atoms. The van der Waals surface area contributed by atoms with E-state index < -0.39 is 5.91 Å². The molecule has 2 aromatic rings. The van der Waals surface area contributed by atoms with Crippen LogP contribution < -0.4 is 15.8 Å². The Morgan fingerprint density at radius 2 is 2.07 bits per heavy atom. The van der Waals surface area contributed by atoms with Crippen molar-refractivity contribution in [3.8, 4) is 5.75 Å². The standard InChI is InChI=1S/C22H23N3O3.ClH/c23-22(27)14-2-4-20-17(8-14)18-11-25(10-16(18)12-28-20)6-5-13-1-3-19-15(7-13)9-21(26)24-19;/h1-4,7-8,16,18H,5-6,9-12H2,(H2,23,27)(H,24,26);1H. The van der Waals surface area contributed by atoms with Crippen molar-refractivity contribution >= 4 is 29.9 Å². The fourth-order valence-electron chi connectivity index (χ4n) is 4.71. The highest BCUT2D eigenvalue weighted by atomic mass is 35.5. The topological polar surface area (TPSA) is 84.7 Å². The Morgan fingerprint density at radius 3 is 2.90 bits per heavy atom. The van der Waals surface area contributed by atoms with E-state index in [2.05, 4.69) is 22.3 Å². The van der Waals surface area contributed by atoms with E-state index in [4.69, 9.17) is 10.5 Å². The molecular formula is C22H24ClN3O3. The highest BCUT2D eigenvalue weighted by molar-refractivity contribution is 5.99. The first-order valence-electron chi connectivity index (χ1n) is 9.77. The highest BCUT2D eigenvalue weighted by Gasteiger charge is 2.38. The summed E-state index contributed by atoms with van der Waals surface area (Å²) in [6.07, 6.45) is 1.43. The molecule has 0 saturated carbocycles.